The summed E-state index contributed by atoms with van der Waals surface area (Å²) in [5.41, 5.74) is 3.12. The Morgan fingerprint density at radius 2 is 1.88 bits per heavy atom. The molecule has 0 aliphatic rings. The minimum Gasteiger partial charge on any atom is -0.379 e. The van der Waals surface area contributed by atoms with Crippen LogP contribution in [0.1, 0.15) is 11.4 Å². The smallest absolute Gasteiger partial charge is 0.0597 e. The van der Waals surface area contributed by atoms with Gasteiger partial charge >= 0.3 is 0 Å². The van der Waals surface area contributed by atoms with Crippen molar-refractivity contribution in [2.45, 2.75) is 13.5 Å². The van der Waals surface area contributed by atoms with Gasteiger partial charge in [0.15, 0.2) is 0 Å². The number of anilines is 1. The van der Waals surface area contributed by atoms with E-state index >= 15 is 0 Å². The Labute approximate surface area is 100 Å². The highest BCUT2D eigenvalue weighted by molar-refractivity contribution is 6.30. The van der Waals surface area contributed by atoms with Gasteiger partial charge in [-0.3, -0.25) is 4.98 Å². The zero-order valence-corrected chi connectivity index (χ0v) is 9.83. The van der Waals surface area contributed by atoms with Crippen LogP contribution in [0.4, 0.5) is 5.69 Å². The average Bonchev–Trinajstić information content (AvgIpc) is 2.28. The number of hydrogen-bond donors (Lipinski definition) is 1. The van der Waals surface area contributed by atoms with Crippen molar-refractivity contribution < 1.29 is 0 Å². The third kappa shape index (κ3) is 2.97. The summed E-state index contributed by atoms with van der Waals surface area (Å²) >= 11 is 5.81. The second-order valence-corrected chi connectivity index (χ2v) is 4.07. The Bertz CT molecular complexity index is 466. The first-order valence-electron chi connectivity index (χ1n) is 5.16. The fraction of sp³-hybridized carbons (Fsp3) is 0.154. The molecule has 0 aliphatic carbocycles. The molecule has 0 radical (unpaired) electrons. The van der Waals surface area contributed by atoms with E-state index in [1.165, 1.54) is 0 Å². The molecule has 2 aromatic rings. The van der Waals surface area contributed by atoms with E-state index in [-0.39, 0.29) is 0 Å². The van der Waals surface area contributed by atoms with Gasteiger partial charge in [-0.1, -0.05) is 17.7 Å². The molecule has 0 unspecified atom stereocenters. The molecule has 16 heavy (non-hydrogen) atoms. The van der Waals surface area contributed by atoms with Gasteiger partial charge in [0.1, 0.15) is 0 Å². The number of aromatic nitrogens is 1. The van der Waals surface area contributed by atoms with Crippen LogP contribution in [0, 0.1) is 6.92 Å². The first-order chi connectivity index (χ1) is 7.74. The molecule has 1 heterocycles. The monoisotopic (exact) mass is 232 g/mol. The highest BCUT2D eigenvalue weighted by atomic mass is 35.5. The number of nitrogens with one attached hydrogen (secondary N) is 1. The molecular weight excluding hydrogens is 220 g/mol. The topological polar surface area (TPSA) is 24.9 Å². The van der Waals surface area contributed by atoms with Gasteiger partial charge in [-0.2, -0.15) is 0 Å². The standard InChI is InChI=1S/C13H13ClN2/c1-10-3-2-4-13(16-10)9-15-12-7-5-11(14)6-8-12/h2-8,15H,9H2,1H3. The van der Waals surface area contributed by atoms with E-state index in [1.807, 2.05) is 49.4 Å². The van der Waals surface area contributed by atoms with Gasteiger partial charge in [0, 0.05) is 16.4 Å². The first-order valence-corrected chi connectivity index (χ1v) is 5.54. The lowest BCUT2D eigenvalue weighted by Gasteiger charge is -2.06. The molecule has 82 valence electrons. The van der Waals surface area contributed by atoms with E-state index in [1.54, 1.807) is 0 Å². The van der Waals surface area contributed by atoms with Crippen LogP contribution in [0.15, 0.2) is 42.5 Å². The van der Waals surface area contributed by atoms with Crippen LogP contribution in [0.2, 0.25) is 5.02 Å². The minimum atomic E-state index is 0.726. The Kier molecular flexibility index (Phi) is 3.42. The summed E-state index contributed by atoms with van der Waals surface area (Å²) in [5, 5.41) is 4.04. The van der Waals surface area contributed by atoms with Gasteiger partial charge < -0.3 is 5.32 Å². The van der Waals surface area contributed by atoms with Gasteiger partial charge in [0.05, 0.1) is 12.2 Å². The molecule has 1 aromatic carbocycles. The SMILES string of the molecule is Cc1cccc(CNc2ccc(Cl)cc2)n1. The fourth-order valence-electron chi connectivity index (χ4n) is 1.46. The Morgan fingerprint density at radius 3 is 2.56 bits per heavy atom. The van der Waals surface area contributed by atoms with Crippen LogP contribution in [-0.4, -0.2) is 4.98 Å². The predicted molar refractivity (Wildman–Crippen MR) is 67.8 cm³/mol. The summed E-state index contributed by atoms with van der Waals surface area (Å²) < 4.78 is 0. The van der Waals surface area contributed by atoms with Crippen LogP contribution < -0.4 is 5.32 Å². The first kappa shape index (κ1) is 11.0. The van der Waals surface area contributed by atoms with E-state index in [2.05, 4.69) is 10.3 Å². The molecule has 0 saturated heterocycles. The quantitative estimate of drug-likeness (QED) is 0.874. The number of pyridine rings is 1. The van der Waals surface area contributed by atoms with Crippen molar-refractivity contribution in [3.8, 4) is 0 Å². The number of aryl methyl sites for hydroxylation is 1. The molecule has 0 atom stereocenters. The second-order valence-electron chi connectivity index (χ2n) is 3.63. The number of nitrogens with zero attached hydrogens (tertiary/aromatic N) is 1. The number of rotatable bonds is 3. The molecule has 2 rings (SSSR count). The van der Waals surface area contributed by atoms with E-state index in [0.717, 1.165) is 28.6 Å². The summed E-state index contributed by atoms with van der Waals surface area (Å²) in [4.78, 5) is 4.42. The largest absolute Gasteiger partial charge is 0.379 e. The van der Waals surface area contributed by atoms with Crippen LogP contribution in [0.3, 0.4) is 0 Å². The van der Waals surface area contributed by atoms with E-state index in [4.69, 9.17) is 11.6 Å². The highest BCUT2D eigenvalue weighted by Gasteiger charge is 1.95. The lowest BCUT2D eigenvalue weighted by Crippen LogP contribution is -2.01. The lowest BCUT2D eigenvalue weighted by molar-refractivity contribution is 1.02. The number of halogens is 1. The van der Waals surface area contributed by atoms with Gasteiger partial charge in [-0.05, 0) is 43.3 Å². The van der Waals surface area contributed by atoms with Crippen LogP contribution >= 0.6 is 11.6 Å². The molecular formula is C13H13ClN2. The predicted octanol–water partition coefficient (Wildman–Crippen LogP) is 3.66. The molecule has 0 bridgehead atoms. The minimum absolute atomic E-state index is 0.726. The Balaban J connectivity index is 1.99. The van der Waals surface area contributed by atoms with E-state index in [9.17, 15) is 0 Å². The Hall–Kier alpha value is -1.54. The second kappa shape index (κ2) is 4.99. The number of hydrogen-bond acceptors (Lipinski definition) is 2. The molecule has 0 aliphatic heterocycles. The van der Waals surface area contributed by atoms with Crippen molar-refractivity contribution in [2.75, 3.05) is 5.32 Å². The molecule has 3 heteroatoms. The van der Waals surface area contributed by atoms with Crippen LogP contribution in [0.5, 0.6) is 0 Å². The van der Waals surface area contributed by atoms with Gasteiger partial charge in [-0.15, -0.1) is 0 Å². The highest BCUT2D eigenvalue weighted by Crippen LogP contribution is 2.14. The average molecular weight is 233 g/mol. The molecule has 0 amide bonds. The van der Waals surface area contributed by atoms with Crippen molar-refractivity contribution in [1.82, 2.24) is 4.98 Å². The summed E-state index contributed by atoms with van der Waals surface area (Å²) in [6.45, 7) is 2.72. The van der Waals surface area contributed by atoms with Crippen LogP contribution in [-0.2, 0) is 6.54 Å². The maximum atomic E-state index is 5.81. The molecule has 0 saturated carbocycles. The summed E-state index contributed by atoms with van der Waals surface area (Å²) in [6.07, 6.45) is 0. The molecule has 0 spiro atoms. The lowest BCUT2D eigenvalue weighted by atomic mass is 10.3. The van der Waals surface area contributed by atoms with Crippen molar-refractivity contribution in [2.24, 2.45) is 0 Å². The van der Waals surface area contributed by atoms with E-state index < -0.39 is 0 Å². The third-order valence-corrected chi connectivity index (χ3v) is 2.52. The Morgan fingerprint density at radius 1 is 1.12 bits per heavy atom. The molecule has 1 aromatic heterocycles. The third-order valence-electron chi connectivity index (χ3n) is 2.26. The zero-order valence-electron chi connectivity index (χ0n) is 9.07. The van der Waals surface area contributed by atoms with Gasteiger partial charge in [0.2, 0.25) is 0 Å². The van der Waals surface area contributed by atoms with Gasteiger partial charge in [-0.25, -0.2) is 0 Å². The van der Waals surface area contributed by atoms with Gasteiger partial charge in [0.25, 0.3) is 0 Å². The summed E-state index contributed by atoms with van der Waals surface area (Å²) in [5.74, 6) is 0. The van der Waals surface area contributed by atoms with Crippen molar-refractivity contribution >= 4 is 17.3 Å². The van der Waals surface area contributed by atoms with Crippen LogP contribution in [0.25, 0.3) is 0 Å². The zero-order chi connectivity index (χ0) is 11.4. The molecule has 2 nitrogen and oxygen atoms in total. The van der Waals surface area contributed by atoms with E-state index in [0.29, 0.717) is 0 Å². The fourth-order valence-corrected chi connectivity index (χ4v) is 1.58. The summed E-state index contributed by atoms with van der Waals surface area (Å²) in [7, 11) is 0. The number of benzene rings is 1. The summed E-state index contributed by atoms with van der Waals surface area (Å²) in [6, 6.07) is 13.7. The van der Waals surface area contributed by atoms with Crippen molar-refractivity contribution in [3.05, 3.63) is 58.9 Å². The normalized spacial score (nSPS) is 10.1. The maximum absolute atomic E-state index is 5.81. The molecule has 0 fully saturated rings. The van der Waals surface area contributed by atoms with Crippen molar-refractivity contribution in [1.29, 1.82) is 0 Å². The molecule has 1 N–H and O–H groups in total. The van der Waals surface area contributed by atoms with Crippen molar-refractivity contribution in [3.63, 3.8) is 0 Å². The maximum Gasteiger partial charge on any atom is 0.0597 e.